The van der Waals surface area contributed by atoms with E-state index in [-0.39, 0.29) is 18.7 Å². The van der Waals surface area contributed by atoms with E-state index in [0.717, 1.165) is 6.07 Å². The third-order valence-electron chi connectivity index (χ3n) is 2.74. The van der Waals surface area contributed by atoms with E-state index in [1.165, 1.54) is 6.07 Å². The summed E-state index contributed by atoms with van der Waals surface area (Å²) in [5.41, 5.74) is 5.12. The van der Waals surface area contributed by atoms with Gasteiger partial charge in [-0.2, -0.15) is 13.2 Å². The molecule has 0 heterocycles. The van der Waals surface area contributed by atoms with Crippen LogP contribution in [-0.2, 0) is 12.7 Å². The number of hydrogen-bond donors (Lipinski definition) is 2. The van der Waals surface area contributed by atoms with Gasteiger partial charge in [0.2, 0.25) is 0 Å². The van der Waals surface area contributed by atoms with Crippen LogP contribution in [0, 0.1) is 0 Å². The molecule has 0 unspecified atom stereocenters. The lowest BCUT2D eigenvalue weighted by molar-refractivity contribution is -0.138. The van der Waals surface area contributed by atoms with Gasteiger partial charge in [0.15, 0.2) is 0 Å². The zero-order valence-corrected chi connectivity index (χ0v) is 10.2. The van der Waals surface area contributed by atoms with Gasteiger partial charge in [0.05, 0.1) is 12.2 Å². The molecule has 0 atom stereocenters. The lowest BCUT2D eigenvalue weighted by Gasteiger charge is -2.24. The fourth-order valence-corrected chi connectivity index (χ4v) is 1.79. The van der Waals surface area contributed by atoms with Gasteiger partial charge in [-0.3, -0.25) is 0 Å². The first-order valence-corrected chi connectivity index (χ1v) is 5.70. The van der Waals surface area contributed by atoms with Gasteiger partial charge < -0.3 is 15.7 Å². The molecule has 0 saturated carbocycles. The minimum absolute atomic E-state index is 0.0753. The Bertz CT molecular complexity index is 393. The molecule has 3 nitrogen and oxygen atoms in total. The van der Waals surface area contributed by atoms with Crippen LogP contribution in [0.3, 0.4) is 0 Å². The molecule has 0 amide bonds. The summed E-state index contributed by atoms with van der Waals surface area (Å²) >= 11 is 0. The van der Waals surface area contributed by atoms with Gasteiger partial charge in [0.25, 0.3) is 0 Å². The highest BCUT2D eigenvalue weighted by molar-refractivity contribution is 5.52. The Labute approximate surface area is 104 Å². The number of aliphatic hydroxyl groups is 1. The molecule has 0 aliphatic carbocycles. The van der Waals surface area contributed by atoms with E-state index in [1.54, 1.807) is 11.0 Å². The zero-order valence-electron chi connectivity index (χ0n) is 10.2. The highest BCUT2D eigenvalue weighted by Gasteiger charge is 2.33. The number of anilines is 1. The number of nitrogens with two attached hydrogens (primary N) is 1. The molecule has 1 aromatic carbocycles. The smallest absolute Gasteiger partial charge is 0.395 e. The van der Waals surface area contributed by atoms with Crippen molar-refractivity contribution in [3.8, 4) is 0 Å². The second-order valence-corrected chi connectivity index (χ2v) is 3.85. The van der Waals surface area contributed by atoms with Crippen molar-refractivity contribution in [2.75, 3.05) is 24.6 Å². The van der Waals surface area contributed by atoms with Crippen molar-refractivity contribution in [1.82, 2.24) is 0 Å². The lowest BCUT2D eigenvalue weighted by atomic mass is 10.1. The number of benzene rings is 1. The normalized spacial score (nSPS) is 11.7. The summed E-state index contributed by atoms with van der Waals surface area (Å²) in [6, 6.07) is 4.07. The van der Waals surface area contributed by atoms with Crippen molar-refractivity contribution in [3.63, 3.8) is 0 Å². The first kappa shape index (κ1) is 14.8. The summed E-state index contributed by atoms with van der Waals surface area (Å²) in [6.07, 6.45) is -4.41. The van der Waals surface area contributed by atoms with Crippen LogP contribution in [0.1, 0.15) is 18.1 Å². The summed E-state index contributed by atoms with van der Waals surface area (Å²) in [7, 11) is 0. The molecule has 0 saturated heterocycles. The van der Waals surface area contributed by atoms with Gasteiger partial charge in [-0.25, -0.2) is 0 Å². The first-order chi connectivity index (χ1) is 8.43. The molecule has 3 N–H and O–H groups in total. The number of aliphatic hydroxyl groups excluding tert-OH is 1. The molecule has 0 aliphatic rings. The number of alkyl halides is 3. The molecule has 0 spiro atoms. The second kappa shape index (κ2) is 6.06. The molecule has 6 heteroatoms. The van der Waals surface area contributed by atoms with E-state index in [4.69, 9.17) is 10.8 Å². The Hall–Kier alpha value is -1.27. The Kier molecular flexibility index (Phi) is 4.98. The average molecular weight is 262 g/mol. The van der Waals surface area contributed by atoms with Crippen molar-refractivity contribution < 1.29 is 18.3 Å². The summed E-state index contributed by atoms with van der Waals surface area (Å²) in [5, 5.41) is 8.88. The maximum Gasteiger partial charge on any atom is 0.416 e. The number of halogens is 3. The number of hydrogen-bond acceptors (Lipinski definition) is 3. The molecule has 0 bridgehead atoms. The molecule has 18 heavy (non-hydrogen) atoms. The fourth-order valence-electron chi connectivity index (χ4n) is 1.79. The van der Waals surface area contributed by atoms with Gasteiger partial charge in [-0.1, -0.05) is 6.07 Å². The predicted molar refractivity (Wildman–Crippen MR) is 64.3 cm³/mol. The standard InChI is InChI=1S/C12H17F3N2O/c1-2-17(5-6-18)10-4-3-9(8-16)11(7-10)12(13,14)15/h3-4,7,18H,2,5-6,8,16H2,1H3. The minimum Gasteiger partial charge on any atom is -0.395 e. The lowest BCUT2D eigenvalue weighted by Crippen LogP contribution is -2.26. The summed E-state index contributed by atoms with van der Waals surface area (Å²) in [6.45, 7) is 2.39. The molecule has 0 fully saturated rings. The minimum atomic E-state index is -4.41. The quantitative estimate of drug-likeness (QED) is 0.853. The van der Waals surface area contributed by atoms with Gasteiger partial charge >= 0.3 is 6.18 Å². The largest absolute Gasteiger partial charge is 0.416 e. The highest BCUT2D eigenvalue weighted by atomic mass is 19.4. The van der Waals surface area contributed by atoms with Crippen LogP contribution in [0.2, 0.25) is 0 Å². The summed E-state index contributed by atoms with van der Waals surface area (Å²) in [4.78, 5) is 1.68. The molecule has 102 valence electrons. The number of nitrogens with zero attached hydrogens (tertiary/aromatic N) is 1. The van der Waals surface area contributed by atoms with Gasteiger partial charge in [0.1, 0.15) is 0 Å². The van der Waals surface area contributed by atoms with E-state index in [1.807, 2.05) is 6.92 Å². The Morgan fingerprint density at radius 1 is 1.33 bits per heavy atom. The van der Waals surface area contributed by atoms with Crippen molar-refractivity contribution in [3.05, 3.63) is 29.3 Å². The van der Waals surface area contributed by atoms with Gasteiger partial charge in [-0.15, -0.1) is 0 Å². The molecule has 0 aliphatic heterocycles. The van der Waals surface area contributed by atoms with E-state index in [0.29, 0.717) is 18.8 Å². The number of rotatable bonds is 5. The maximum absolute atomic E-state index is 12.8. The van der Waals surface area contributed by atoms with Gasteiger partial charge in [-0.05, 0) is 24.6 Å². The molecular weight excluding hydrogens is 245 g/mol. The third kappa shape index (κ3) is 3.36. The molecule has 0 aromatic heterocycles. The van der Waals surface area contributed by atoms with E-state index < -0.39 is 11.7 Å². The van der Waals surface area contributed by atoms with Crippen LogP contribution in [-0.4, -0.2) is 24.8 Å². The van der Waals surface area contributed by atoms with Crippen LogP contribution < -0.4 is 10.6 Å². The molecule has 1 rings (SSSR count). The summed E-state index contributed by atoms with van der Waals surface area (Å²) < 4.78 is 38.5. The van der Waals surface area contributed by atoms with Crippen molar-refractivity contribution in [2.45, 2.75) is 19.6 Å². The molecule has 0 radical (unpaired) electrons. The Balaban J connectivity index is 3.17. The Morgan fingerprint density at radius 3 is 2.44 bits per heavy atom. The third-order valence-corrected chi connectivity index (χ3v) is 2.74. The Morgan fingerprint density at radius 2 is 2.00 bits per heavy atom. The van der Waals surface area contributed by atoms with E-state index in [9.17, 15) is 13.2 Å². The van der Waals surface area contributed by atoms with Crippen LogP contribution in [0.15, 0.2) is 18.2 Å². The maximum atomic E-state index is 12.8. The van der Waals surface area contributed by atoms with Crippen LogP contribution in [0.5, 0.6) is 0 Å². The zero-order chi connectivity index (χ0) is 13.8. The fraction of sp³-hybridized carbons (Fsp3) is 0.500. The van der Waals surface area contributed by atoms with Crippen LogP contribution in [0.4, 0.5) is 18.9 Å². The molecular formula is C12H17F3N2O. The van der Waals surface area contributed by atoms with Crippen molar-refractivity contribution in [1.29, 1.82) is 0 Å². The predicted octanol–water partition coefficient (Wildman–Crippen LogP) is 1.98. The van der Waals surface area contributed by atoms with Crippen LogP contribution >= 0.6 is 0 Å². The topological polar surface area (TPSA) is 49.5 Å². The number of likely N-dealkylation sites (N-methyl/N-ethyl adjacent to an activating group) is 1. The first-order valence-electron chi connectivity index (χ1n) is 5.70. The molecule has 1 aromatic rings. The SMILES string of the molecule is CCN(CCO)c1ccc(CN)c(C(F)(F)F)c1. The summed E-state index contributed by atoms with van der Waals surface area (Å²) in [5.74, 6) is 0. The van der Waals surface area contributed by atoms with Crippen molar-refractivity contribution in [2.24, 2.45) is 5.73 Å². The second-order valence-electron chi connectivity index (χ2n) is 3.85. The average Bonchev–Trinajstić information content (AvgIpc) is 2.34. The monoisotopic (exact) mass is 262 g/mol. The van der Waals surface area contributed by atoms with Crippen LogP contribution in [0.25, 0.3) is 0 Å². The van der Waals surface area contributed by atoms with Gasteiger partial charge in [0, 0.05) is 25.3 Å². The van der Waals surface area contributed by atoms with E-state index in [2.05, 4.69) is 0 Å². The van der Waals surface area contributed by atoms with Crippen molar-refractivity contribution >= 4 is 5.69 Å². The highest BCUT2D eigenvalue weighted by Crippen LogP contribution is 2.34. The van der Waals surface area contributed by atoms with E-state index >= 15 is 0 Å².